The zero-order valence-corrected chi connectivity index (χ0v) is 9.64. The van der Waals surface area contributed by atoms with Crippen LogP contribution in [0.3, 0.4) is 0 Å². The van der Waals surface area contributed by atoms with Gasteiger partial charge in [-0.25, -0.2) is 0 Å². The van der Waals surface area contributed by atoms with Crippen molar-refractivity contribution < 1.29 is 9.53 Å². The van der Waals surface area contributed by atoms with Crippen LogP contribution >= 0.6 is 0 Å². The van der Waals surface area contributed by atoms with Crippen LogP contribution < -0.4 is 0 Å². The highest BCUT2D eigenvalue weighted by Crippen LogP contribution is 2.30. The third-order valence-electron chi connectivity index (χ3n) is 3.06. The molecule has 1 aromatic rings. The van der Waals surface area contributed by atoms with Gasteiger partial charge in [0.15, 0.2) is 0 Å². The lowest BCUT2D eigenvalue weighted by Gasteiger charge is -2.25. The maximum absolute atomic E-state index is 11.8. The molecule has 0 fully saturated rings. The zero-order valence-electron chi connectivity index (χ0n) is 9.64. The second-order valence-electron chi connectivity index (χ2n) is 4.19. The molecule has 0 aliphatic carbocycles. The van der Waals surface area contributed by atoms with E-state index in [2.05, 4.69) is 6.92 Å². The van der Waals surface area contributed by atoms with Gasteiger partial charge in [0.05, 0.1) is 5.92 Å². The van der Waals surface area contributed by atoms with Crippen molar-refractivity contribution in [3.63, 3.8) is 0 Å². The van der Waals surface area contributed by atoms with Crippen LogP contribution in [0.15, 0.2) is 36.4 Å². The molecule has 2 heteroatoms. The molecule has 0 radical (unpaired) electrons. The second-order valence-corrected chi connectivity index (χ2v) is 4.19. The number of benzene rings is 1. The molecule has 1 aliphatic rings. The summed E-state index contributed by atoms with van der Waals surface area (Å²) in [5.74, 6) is 0.855. The highest BCUT2D eigenvalue weighted by Gasteiger charge is 2.29. The molecule has 16 heavy (non-hydrogen) atoms. The van der Waals surface area contributed by atoms with E-state index in [0.717, 1.165) is 12.0 Å². The molecule has 2 rings (SSSR count). The summed E-state index contributed by atoms with van der Waals surface area (Å²) < 4.78 is 5.37. The van der Waals surface area contributed by atoms with Crippen LogP contribution in [-0.2, 0) is 9.53 Å². The molecule has 0 amide bonds. The van der Waals surface area contributed by atoms with E-state index < -0.39 is 0 Å². The summed E-state index contributed by atoms with van der Waals surface area (Å²) in [5.41, 5.74) is 0.970. The summed E-state index contributed by atoms with van der Waals surface area (Å²) in [6.45, 7) is 4.08. The first-order valence-electron chi connectivity index (χ1n) is 5.71. The SMILES string of the molecule is CC[C@H]1C(=O)OC(c2ccccc2)=C[C@@H]1C. The fourth-order valence-corrected chi connectivity index (χ4v) is 2.08. The van der Waals surface area contributed by atoms with Crippen LogP contribution in [0, 0.1) is 11.8 Å². The Bertz CT molecular complexity index is 406. The standard InChI is InChI=1S/C14H16O2/c1-3-12-10(2)9-13(16-14(12)15)11-7-5-4-6-8-11/h4-10,12H,3H2,1-2H3/t10-,12+/m0/s1. The molecule has 2 nitrogen and oxygen atoms in total. The van der Waals surface area contributed by atoms with Gasteiger partial charge in [0.25, 0.3) is 0 Å². The van der Waals surface area contributed by atoms with Crippen LogP contribution in [0.5, 0.6) is 0 Å². The fourth-order valence-electron chi connectivity index (χ4n) is 2.08. The van der Waals surface area contributed by atoms with Gasteiger partial charge in [-0.15, -0.1) is 0 Å². The van der Waals surface area contributed by atoms with Crippen molar-refractivity contribution in [2.24, 2.45) is 11.8 Å². The smallest absolute Gasteiger partial charge is 0.314 e. The topological polar surface area (TPSA) is 26.3 Å². The summed E-state index contributed by atoms with van der Waals surface area (Å²) in [4.78, 5) is 11.8. The summed E-state index contributed by atoms with van der Waals surface area (Å²) in [6, 6.07) is 9.75. The molecule has 0 unspecified atom stereocenters. The first-order valence-corrected chi connectivity index (χ1v) is 5.71. The highest BCUT2D eigenvalue weighted by molar-refractivity contribution is 5.83. The van der Waals surface area contributed by atoms with Crippen LogP contribution in [0.1, 0.15) is 25.8 Å². The summed E-state index contributed by atoms with van der Waals surface area (Å²) in [7, 11) is 0. The average Bonchev–Trinajstić information content (AvgIpc) is 2.30. The predicted molar refractivity (Wildman–Crippen MR) is 63.5 cm³/mol. The van der Waals surface area contributed by atoms with Gasteiger partial charge in [-0.05, 0) is 18.4 Å². The van der Waals surface area contributed by atoms with Crippen molar-refractivity contribution in [1.29, 1.82) is 0 Å². The molecule has 0 saturated heterocycles. The Balaban J connectivity index is 2.29. The van der Waals surface area contributed by atoms with E-state index >= 15 is 0 Å². The number of cyclic esters (lactones) is 1. The molecule has 0 spiro atoms. The van der Waals surface area contributed by atoms with Crippen molar-refractivity contribution in [2.45, 2.75) is 20.3 Å². The number of hydrogen-bond acceptors (Lipinski definition) is 2. The molecule has 0 bridgehead atoms. The van der Waals surface area contributed by atoms with E-state index in [9.17, 15) is 4.79 Å². The number of carbonyl (C=O) groups excluding carboxylic acids is 1. The monoisotopic (exact) mass is 216 g/mol. The summed E-state index contributed by atoms with van der Waals surface area (Å²) in [6.07, 6.45) is 2.88. The van der Waals surface area contributed by atoms with E-state index in [1.54, 1.807) is 0 Å². The maximum atomic E-state index is 11.8. The Morgan fingerprint density at radius 3 is 2.50 bits per heavy atom. The van der Waals surface area contributed by atoms with Gasteiger partial charge >= 0.3 is 5.97 Å². The maximum Gasteiger partial charge on any atom is 0.314 e. The minimum absolute atomic E-state index is 0.00691. The predicted octanol–water partition coefficient (Wildman–Crippen LogP) is 3.25. The third kappa shape index (κ3) is 2.01. The van der Waals surface area contributed by atoms with Gasteiger partial charge in [0, 0.05) is 5.56 Å². The number of hydrogen-bond donors (Lipinski definition) is 0. The molecule has 2 atom stereocenters. The van der Waals surface area contributed by atoms with Crippen molar-refractivity contribution >= 4 is 11.7 Å². The van der Waals surface area contributed by atoms with Crippen molar-refractivity contribution in [3.05, 3.63) is 42.0 Å². The van der Waals surface area contributed by atoms with E-state index in [-0.39, 0.29) is 17.8 Å². The van der Waals surface area contributed by atoms with Crippen LogP contribution in [-0.4, -0.2) is 5.97 Å². The Kier molecular flexibility index (Phi) is 3.09. The fraction of sp³-hybridized carbons (Fsp3) is 0.357. The molecule has 84 valence electrons. The van der Waals surface area contributed by atoms with E-state index in [0.29, 0.717) is 5.76 Å². The molecular weight excluding hydrogens is 200 g/mol. The average molecular weight is 216 g/mol. The molecule has 1 aliphatic heterocycles. The van der Waals surface area contributed by atoms with Crippen LogP contribution in [0.25, 0.3) is 5.76 Å². The summed E-state index contributed by atoms with van der Waals surface area (Å²) in [5, 5.41) is 0. The Morgan fingerprint density at radius 1 is 1.25 bits per heavy atom. The second kappa shape index (κ2) is 4.52. The lowest BCUT2D eigenvalue weighted by Crippen LogP contribution is -2.26. The molecule has 1 heterocycles. The van der Waals surface area contributed by atoms with Crippen LogP contribution in [0.4, 0.5) is 0 Å². The Labute approximate surface area is 95.9 Å². The minimum atomic E-state index is -0.101. The van der Waals surface area contributed by atoms with Gasteiger partial charge in [-0.3, -0.25) is 4.79 Å². The normalized spacial score (nSPS) is 24.9. The number of rotatable bonds is 2. The van der Waals surface area contributed by atoms with Gasteiger partial charge in [0.1, 0.15) is 5.76 Å². The summed E-state index contributed by atoms with van der Waals surface area (Å²) >= 11 is 0. The molecule has 1 aromatic carbocycles. The molecule has 0 N–H and O–H groups in total. The molecular formula is C14H16O2. The molecule has 0 saturated carbocycles. The first-order chi connectivity index (χ1) is 7.72. The van der Waals surface area contributed by atoms with Gasteiger partial charge in [0.2, 0.25) is 0 Å². The van der Waals surface area contributed by atoms with Gasteiger partial charge in [-0.2, -0.15) is 0 Å². The van der Waals surface area contributed by atoms with Gasteiger partial charge < -0.3 is 4.74 Å². The zero-order chi connectivity index (χ0) is 11.5. The van der Waals surface area contributed by atoms with E-state index in [1.807, 2.05) is 43.3 Å². The lowest BCUT2D eigenvalue weighted by molar-refractivity contribution is -0.143. The van der Waals surface area contributed by atoms with E-state index in [4.69, 9.17) is 4.74 Å². The Morgan fingerprint density at radius 2 is 1.94 bits per heavy atom. The minimum Gasteiger partial charge on any atom is -0.426 e. The largest absolute Gasteiger partial charge is 0.426 e. The number of carbonyl (C=O) groups is 1. The first kappa shape index (κ1) is 10.9. The quantitative estimate of drug-likeness (QED) is 0.709. The van der Waals surface area contributed by atoms with Crippen LogP contribution in [0.2, 0.25) is 0 Å². The lowest BCUT2D eigenvalue weighted by atomic mass is 9.88. The van der Waals surface area contributed by atoms with Gasteiger partial charge in [-0.1, -0.05) is 44.2 Å². The number of ether oxygens (including phenoxy) is 1. The third-order valence-corrected chi connectivity index (χ3v) is 3.06. The highest BCUT2D eigenvalue weighted by atomic mass is 16.5. The number of esters is 1. The van der Waals surface area contributed by atoms with Crippen molar-refractivity contribution in [3.8, 4) is 0 Å². The molecule has 0 aromatic heterocycles. The number of allylic oxidation sites excluding steroid dienone is 1. The van der Waals surface area contributed by atoms with Crippen molar-refractivity contribution in [1.82, 2.24) is 0 Å². The van der Waals surface area contributed by atoms with Crippen molar-refractivity contribution in [2.75, 3.05) is 0 Å². The Hall–Kier alpha value is -1.57. The van der Waals surface area contributed by atoms with E-state index in [1.165, 1.54) is 0 Å².